The smallest absolute Gasteiger partial charge is 0.123 e. The largest absolute Gasteiger partial charge is 0.380 e. The molecule has 0 spiro atoms. The van der Waals surface area contributed by atoms with E-state index in [0.717, 1.165) is 28.9 Å². The number of halogens is 1. The predicted octanol–water partition coefficient (Wildman–Crippen LogP) is 5.50. The van der Waals surface area contributed by atoms with Gasteiger partial charge in [0, 0.05) is 17.8 Å². The Kier molecular flexibility index (Phi) is 4.53. The van der Waals surface area contributed by atoms with Crippen molar-refractivity contribution in [3.05, 3.63) is 108 Å². The summed E-state index contributed by atoms with van der Waals surface area (Å²) in [4.78, 5) is 0. The summed E-state index contributed by atoms with van der Waals surface area (Å²) >= 11 is 0. The molecule has 0 amide bonds. The van der Waals surface area contributed by atoms with E-state index in [9.17, 15) is 4.39 Å². The summed E-state index contributed by atoms with van der Waals surface area (Å²) in [6.07, 6.45) is 0. The van der Waals surface area contributed by atoms with Gasteiger partial charge in [-0.25, -0.2) is 4.39 Å². The molecule has 0 aliphatic carbocycles. The zero-order valence-corrected chi connectivity index (χ0v) is 12.8. The average Bonchev–Trinajstić information content (AvgIpc) is 2.61. The minimum atomic E-state index is -0.239. The van der Waals surface area contributed by atoms with Crippen LogP contribution in [0.2, 0.25) is 0 Å². The highest BCUT2D eigenvalue weighted by molar-refractivity contribution is 5.84. The number of para-hydroxylation sites is 1. The molecular formula is C21H18FN. The van der Waals surface area contributed by atoms with Crippen molar-refractivity contribution in [3.63, 3.8) is 0 Å². The normalized spacial score (nSPS) is 10.3. The lowest BCUT2D eigenvalue weighted by Crippen LogP contribution is -2.02. The maximum absolute atomic E-state index is 13.1. The summed E-state index contributed by atoms with van der Waals surface area (Å²) in [5, 5.41) is 3.46. The van der Waals surface area contributed by atoms with Gasteiger partial charge >= 0.3 is 0 Å². The fourth-order valence-electron chi connectivity index (χ4n) is 2.50. The minimum absolute atomic E-state index is 0.239. The number of benzene rings is 3. The monoisotopic (exact) mass is 303 g/mol. The van der Waals surface area contributed by atoms with Gasteiger partial charge in [0.1, 0.15) is 5.82 Å². The highest BCUT2D eigenvalue weighted by Gasteiger charge is 2.08. The Morgan fingerprint density at radius 1 is 0.826 bits per heavy atom. The second kappa shape index (κ2) is 6.93. The van der Waals surface area contributed by atoms with E-state index in [2.05, 4.69) is 24.0 Å². The fourth-order valence-corrected chi connectivity index (χ4v) is 2.50. The first-order valence-corrected chi connectivity index (χ1v) is 7.56. The van der Waals surface area contributed by atoms with E-state index in [0.29, 0.717) is 0 Å². The molecule has 0 saturated carbocycles. The molecule has 1 nitrogen and oxygen atoms in total. The summed E-state index contributed by atoms with van der Waals surface area (Å²) in [5.41, 5.74) is 5.05. The van der Waals surface area contributed by atoms with E-state index in [-0.39, 0.29) is 5.82 Å². The Bertz CT molecular complexity index is 792. The molecule has 0 aliphatic rings. The van der Waals surface area contributed by atoms with Crippen LogP contribution in [0, 0.1) is 5.82 Å². The molecule has 3 aromatic carbocycles. The van der Waals surface area contributed by atoms with Crippen LogP contribution in [-0.2, 0) is 6.54 Å². The van der Waals surface area contributed by atoms with Crippen molar-refractivity contribution in [1.82, 2.24) is 0 Å². The molecule has 3 aromatic rings. The van der Waals surface area contributed by atoms with Crippen LogP contribution in [0.5, 0.6) is 0 Å². The van der Waals surface area contributed by atoms with Crippen molar-refractivity contribution in [2.24, 2.45) is 0 Å². The van der Waals surface area contributed by atoms with E-state index in [4.69, 9.17) is 0 Å². The van der Waals surface area contributed by atoms with Crippen molar-refractivity contribution in [2.75, 3.05) is 5.32 Å². The Labute approximate surface area is 136 Å². The minimum Gasteiger partial charge on any atom is -0.380 e. The molecule has 2 heteroatoms. The van der Waals surface area contributed by atoms with Crippen molar-refractivity contribution >= 4 is 11.3 Å². The molecule has 0 fully saturated rings. The van der Waals surface area contributed by atoms with Gasteiger partial charge < -0.3 is 5.32 Å². The van der Waals surface area contributed by atoms with Crippen molar-refractivity contribution < 1.29 is 4.39 Å². The van der Waals surface area contributed by atoms with Crippen molar-refractivity contribution in [1.29, 1.82) is 0 Å². The standard InChI is InChI=1S/C21H18FN/c1-16(18-11-13-19(22)14-12-18)20-9-5-6-10-21(20)23-15-17-7-3-2-4-8-17/h2-14,23H,1,15H2. The van der Waals surface area contributed by atoms with Crippen LogP contribution in [0.4, 0.5) is 10.1 Å². The summed E-state index contributed by atoms with van der Waals surface area (Å²) < 4.78 is 13.1. The van der Waals surface area contributed by atoms with Gasteiger partial charge in [-0.1, -0.05) is 67.2 Å². The SMILES string of the molecule is C=C(c1ccc(F)cc1)c1ccccc1NCc1ccccc1. The predicted molar refractivity (Wildman–Crippen MR) is 94.7 cm³/mol. The van der Waals surface area contributed by atoms with Crippen LogP contribution in [0.15, 0.2) is 85.4 Å². The molecule has 0 unspecified atom stereocenters. The highest BCUT2D eigenvalue weighted by atomic mass is 19.1. The van der Waals surface area contributed by atoms with E-state index >= 15 is 0 Å². The van der Waals surface area contributed by atoms with E-state index in [1.807, 2.05) is 42.5 Å². The second-order valence-corrected chi connectivity index (χ2v) is 5.37. The zero-order chi connectivity index (χ0) is 16.1. The first-order chi connectivity index (χ1) is 11.2. The van der Waals surface area contributed by atoms with Gasteiger partial charge in [-0.05, 0) is 34.9 Å². The third-order valence-corrected chi connectivity index (χ3v) is 3.77. The van der Waals surface area contributed by atoms with Crippen LogP contribution in [-0.4, -0.2) is 0 Å². The first-order valence-electron chi connectivity index (χ1n) is 7.56. The summed E-state index contributed by atoms with van der Waals surface area (Å²) in [7, 11) is 0. The second-order valence-electron chi connectivity index (χ2n) is 5.37. The van der Waals surface area contributed by atoms with Crippen molar-refractivity contribution in [3.8, 4) is 0 Å². The molecule has 23 heavy (non-hydrogen) atoms. The molecule has 0 atom stereocenters. The lowest BCUT2D eigenvalue weighted by atomic mass is 9.98. The van der Waals surface area contributed by atoms with Crippen LogP contribution < -0.4 is 5.32 Å². The van der Waals surface area contributed by atoms with E-state index in [1.165, 1.54) is 17.7 Å². The van der Waals surface area contributed by atoms with Gasteiger partial charge in [-0.3, -0.25) is 0 Å². The third kappa shape index (κ3) is 3.67. The molecular weight excluding hydrogens is 285 g/mol. The molecule has 0 heterocycles. The Balaban J connectivity index is 1.82. The number of hydrogen-bond acceptors (Lipinski definition) is 1. The number of anilines is 1. The lowest BCUT2D eigenvalue weighted by molar-refractivity contribution is 0.627. The van der Waals surface area contributed by atoms with Crippen LogP contribution in [0.25, 0.3) is 5.57 Å². The molecule has 0 radical (unpaired) electrons. The van der Waals surface area contributed by atoms with Gasteiger partial charge in [0.25, 0.3) is 0 Å². The molecule has 0 bridgehead atoms. The Morgan fingerprint density at radius 2 is 1.48 bits per heavy atom. The Morgan fingerprint density at radius 3 is 2.22 bits per heavy atom. The average molecular weight is 303 g/mol. The van der Waals surface area contributed by atoms with Crippen LogP contribution in [0.3, 0.4) is 0 Å². The zero-order valence-electron chi connectivity index (χ0n) is 12.8. The third-order valence-electron chi connectivity index (χ3n) is 3.77. The van der Waals surface area contributed by atoms with E-state index < -0.39 is 0 Å². The molecule has 3 rings (SSSR count). The quantitative estimate of drug-likeness (QED) is 0.656. The summed E-state index contributed by atoms with van der Waals surface area (Å²) in [6.45, 7) is 4.92. The Hall–Kier alpha value is -2.87. The first kappa shape index (κ1) is 15.0. The summed E-state index contributed by atoms with van der Waals surface area (Å²) in [6, 6.07) is 24.7. The lowest BCUT2D eigenvalue weighted by Gasteiger charge is -2.14. The van der Waals surface area contributed by atoms with Gasteiger partial charge in [0.15, 0.2) is 0 Å². The molecule has 0 saturated heterocycles. The maximum atomic E-state index is 13.1. The number of hydrogen-bond donors (Lipinski definition) is 1. The van der Waals surface area contributed by atoms with E-state index in [1.54, 1.807) is 12.1 Å². The topological polar surface area (TPSA) is 12.0 Å². The highest BCUT2D eigenvalue weighted by Crippen LogP contribution is 2.28. The number of rotatable bonds is 5. The fraction of sp³-hybridized carbons (Fsp3) is 0.0476. The van der Waals surface area contributed by atoms with Gasteiger partial charge in [0.05, 0.1) is 0 Å². The van der Waals surface area contributed by atoms with Crippen molar-refractivity contribution in [2.45, 2.75) is 6.54 Å². The van der Waals surface area contributed by atoms with Gasteiger partial charge in [-0.15, -0.1) is 0 Å². The summed E-state index contributed by atoms with van der Waals surface area (Å²) in [5.74, 6) is -0.239. The van der Waals surface area contributed by atoms with Gasteiger partial charge in [-0.2, -0.15) is 0 Å². The molecule has 0 aromatic heterocycles. The van der Waals surface area contributed by atoms with Crippen LogP contribution >= 0.6 is 0 Å². The maximum Gasteiger partial charge on any atom is 0.123 e. The van der Waals surface area contributed by atoms with Gasteiger partial charge in [0.2, 0.25) is 0 Å². The molecule has 114 valence electrons. The van der Waals surface area contributed by atoms with Crippen LogP contribution in [0.1, 0.15) is 16.7 Å². The molecule has 0 aliphatic heterocycles. The number of nitrogens with one attached hydrogen (secondary N) is 1. The molecule has 1 N–H and O–H groups in total.